The number of amides is 1. The van der Waals surface area contributed by atoms with Crippen LogP contribution >= 0.6 is 11.8 Å². The van der Waals surface area contributed by atoms with Crippen LogP contribution in [0, 0.1) is 12.7 Å². The minimum absolute atomic E-state index is 0.158. The molecule has 0 aliphatic carbocycles. The Labute approximate surface area is 170 Å². The zero-order valence-electron chi connectivity index (χ0n) is 15.5. The van der Waals surface area contributed by atoms with Crippen molar-refractivity contribution in [1.82, 2.24) is 30.1 Å². The van der Waals surface area contributed by atoms with Crippen molar-refractivity contribution < 1.29 is 9.18 Å². The first-order valence-corrected chi connectivity index (χ1v) is 9.86. The van der Waals surface area contributed by atoms with E-state index in [4.69, 9.17) is 0 Å². The van der Waals surface area contributed by atoms with Crippen molar-refractivity contribution in [3.8, 4) is 11.4 Å². The van der Waals surface area contributed by atoms with Gasteiger partial charge in [-0.05, 0) is 48.4 Å². The van der Waals surface area contributed by atoms with Crippen molar-refractivity contribution in [3.63, 3.8) is 0 Å². The summed E-state index contributed by atoms with van der Waals surface area (Å²) in [7, 11) is 0. The van der Waals surface area contributed by atoms with E-state index >= 15 is 0 Å². The van der Waals surface area contributed by atoms with Crippen molar-refractivity contribution in [2.24, 2.45) is 0 Å². The largest absolute Gasteiger partial charge is 0.351 e. The third-order valence-electron chi connectivity index (χ3n) is 4.24. The van der Waals surface area contributed by atoms with Gasteiger partial charge in [0.25, 0.3) is 0 Å². The van der Waals surface area contributed by atoms with Crippen LogP contribution in [-0.4, -0.2) is 36.5 Å². The number of nitrogens with zero attached hydrogens (tertiary/aromatic N) is 5. The Morgan fingerprint density at radius 1 is 1.21 bits per heavy atom. The number of hydrogen-bond acceptors (Lipinski definition) is 6. The van der Waals surface area contributed by atoms with E-state index in [-0.39, 0.29) is 24.0 Å². The van der Waals surface area contributed by atoms with Crippen LogP contribution in [0.4, 0.5) is 4.39 Å². The molecule has 0 spiro atoms. The van der Waals surface area contributed by atoms with Crippen molar-refractivity contribution in [3.05, 3.63) is 71.8 Å². The number of hydrogen-bond donors (Lipinski definition) is 1. The Hall–Kier alpha value is -3.33. The van der Waals surface area contributed by atoms with Crippen LogP contribution in [0.2, 0.25) is 0 Å². The highest BCUT2D eigenvalue weighted by Gasteiger charge is 2.11. The smallest absolute Gasteiger partial charge is 0.230 e. The number of nitrogens with one attached hydrogen (secondary N) is 1. The molecule has 146 valence electrons. The lowest BCUT2D eigenvalue weighted by Gasteiger charge is -2.06. The van der Waals surface area contributed by atoms with Crippen LogP contribution in [0.25, 0.3) is 17.0 Å². The average molecular weight is 408 g/mol. The van der Waals surface area contributed by atoms with Crippen molar-refractivity contribution >= 4 is 23.3 Å². The summed E-state index contributed by atoms with van der Waals surface area (Å²) in [6.45, 7) is 1.98. The summed E-state index contributed by atoms with van der Waals surface area (Å²) in [4.78, 5) is 16.2. The molecule has 0 saturated carbocycles. The van der Waals surface area contributed by atoms with Gasteiger partial charge in [0, 0.05) is 24.5 Å². The molecule has 1 aromatic carbocycles. The first-order chi connectivity index (χ1) is 14.1. The molecule has 0 aliphatic heterocycles. The molecule has 0 radical (unpaired) electrons. The van der Waals surface area contributed by atoms with Gasteiger partial charge in [-0.2, -0.15) is 9.61 Å². The molecule has 3 aromatic heterocycles. The number of halogens is 1. The van der Waals surface area contributed by atoms with Gasteiger partial charge in [-0.3, -0.25) is 9.78 Å². The highest BCUT2D eigenvalue weighted by molar-refractivity contribution is 7.99. The summed E-state index contributed by atoms with van der Waals surface area (Å²) < 4.78 is 15.2. The van der Waals surface area contributed by atoms with Crippen LogP contribution in [0.1, 0.15) is 11.1 Å². The first-order valence-electron chi connectivity index (χ1n) is 8.87. The second-order valence-corrected chi connectivity index (χ2v) is 7.35. The minimum Gasteiger partial charge on any atom is -0.351 e. The highest BCUT2D eigenvalue weighted by atomic mass is 32.2. The van der Waals surface area contributed by atoms with Crippen LogP contribution in [0.5, 0.6) is 0 Å². The van der Waals surface area contributed by atoms with Crippen LogP contribution in [0.3, 0.4) is 0 Å². The predicted molar refractivity (Wildman–Crippen MR) is 108 cm³/mol. The number of carbonyl (C=O) groups is 1. The molecule has 0 unspecified atom stereocenters. The molecule has 0 fully saturated rings. The SMILES string of the molecule is Cc1ccc(CNC(=O)CSc2ccc3nnc(-c4cccnc4)n3n2)cc1F. The third kappa shape index (κ3) is 4.40. The van der Waals surface area contributed by atoms with Crippen LogP contribution < -0.4 is 5.32 Å². The van der Waals surface area contributed by atoms with Gasteiger partial charge in [-0.25, -0.2) is 4.39 Å². The van der Waals surface area contributed by atoms with E-state index in [2.05, 4.69) is 25.6 Å². The summed E-state index contributed by atoms with van der Waals surface area (Å²) in [5.74, 6) is 0.342. The van der Waals surface area contributed by atoms with Crippen LogP contribution in [0.15, 0.2) is 59.9 Å². The number of fused-ring (bicyclic) bond motifs is 1. The topological polar surface area (TPSA) is 85.1 Å². The van der Waals surface area contributed by atoms with Gasteiger partial charge in [-0.15, -0.1) is 10.2 Å². The fourth-order valence-corrected chi connectivity index (χ4v) is 3.35. The second kappa shape index (κ2) is 8.36. The lowest BCUT2D eigenvalue weighted by Crippen LogP contribution is -2.24. The van der Waals surface area contributed by atoms with E-state index in [9.17, 15) is 9.18 Å². The minimum atomic E-state index is -0.276. The number of aromatic nitrogens is 5. The lowest BCUT2D eigenvalue weighted by molar-refractivity contribution is -0.118. The maximum Gasteiger partial charge on any atom is 0.230 e. The Bertz CT molecular complexity index is 1160. The van der Waals surface area contributed by atoms with Crippen LogP contribution in [-0.2, 0) is 11.3 Å². The zero-order valence-corrected chi connectivity index (χ0v) is 16.4. The van der Waals surface area contributed by atoms with Gasteiger partial charge in [-0.1, -0.05) is 23.9 Å². The fourth-order valence-electron chi connectivity index (χ4n) is 2.66. The monoisotopic (exact) mass is 408 g/mol. The number of aryl methyl sites for hydroxylation is 1. The van der Waals surface area contributed by atoms with Gasteiger partial charge in [0.05, 0.1) is 5.75 Å². The van der Waals surface area contributed by atoms with Gasteiger partial charge in [0.1, 0.15) is 10.8 Å². The molecule has 1 amide bonds. The van der Waals surface area contributed by atoms with E-state index < -0.39 is 0 Å². The summed E-state index contributed by atoms with van der Waals surface area (Å²) >= 11 is 1.30. The van der Waals surface area contributed by atoms with Gasteiger partial charge in [0.2, 0.25) is 5.91 Å². The summed E-state index contributed by atoms with van der Waals surface area (Å²) in [6, 6.07) is 12.2. The summed E-state index contributed by atoms with van der Waals surface area (Å²) in [5, 5.41) is 16.3. The van der Waals surface area contributed by atoms with Gasteiger partial charge < -0.3 is 5.32 Å². The van der Waals surface area contributed by atoms with Gasteiger partial charge in [0.15, 0.2) is 11.5 Å². The number of thioether (sulfide) groups is 1. The molecular weight excluding hydrogens is 391 g/mol. The highest BCUT2D eigenvalue weighted by Crippen LogP contribution is 2.20. The Morgan fingerprint density at radius 3 is 2.90 bits per heavy atom. The quantitative estimate of drug-likeness (QED) is 0.494. The molecule has 0 atom stereocenters. The fraction of sp³-hybridized carbons (Fsp3) is 0.150. The van der Waals surface area contributed by atoms with E-state index in [1.54, 1.807) is 48.1 Å². The summed E-state index contributed by atoms with van der Waals surface area (Å²) in [5.41, 5.74) is 2.71. The predicted octanol–water partition coefficient (Wildman–Crippen LogP) is 3.04. The normalized spacial score (nSPS) is 11.0. The van der Waals surface area contributed by atoms with E-state index in [0.29, 0.717) is 22.1 Å². The van der Waals surface area contributed by atoms with E-state index in [1.165, 1.54) is 17.8 Å². The molecule has 0 saturated heterocycles. The molecule has 7 nitrogen and oxygen atoms in total. The van der Waals surface area contributed by atoms with Crippen molar-refractivity contribution in [1.29, 1.82) is 0 Å². The maximum absolute atomic E-state index is 13.6. The zero-order chi connectivity index (χ0) is 20.2. The molecule has 4 aromatic rings. The Balaban J connectivity index is 1.40. The molecule has 3 heterocycles. The molecular formula is C20H17FN6OS. The molecule has 4 rings (SSSR count). The molecule has 1 N–H and O–H groups in total. The molecule has 29 heavy (non-hydrogen) atoms. The average Bonchev–Trinajstić information content (AvgIpc) is 3.17. The number of benzene rings is 1. The van der Waals surface area contributed by atoms with E-state index in [1.807, 2.05) is 12.1 Å². The number of carbonyl (C=O) groups excluding carboxylic acids is 1. The number of pyridine rings is 1. The first kappa shape index (κ1) is 19.0. The van der Waals surface area contributed by atoms with Crippen molar-refractivity contribution in [2.75, 3.05) is 5.75 Å². The van der Waals surface area contributed by atoms with Gasteiger partial charge >= 0.3 is 0 Å². The molecule has 0 bridgehead atoms. The Kier molecular flexibility index (Phi) is 5.48. The second-order valence-electron chi connectivity index (χ2n) is 6.36. The Morgan fingerprint density at radius 2 is 2.10 bits per heavy atom. The lowest BCUT2D eigenvalue weighted by atomic mass is 10.1. The standard InChI is InChI=1S/C20H17FN6OS/c1-13-4-5-14(9-16(13)21)10-23-18(28)12-29-19-7-6-17-24-25-20(27(17)26-19)15-3-2-8-22-11-15/h2-9,11H,10,12H2,1H3,(H,23,28). The van der Waals surface area contributed by atoms with E-state index in [0.717, 1.165) is 11.1 Å². The summed E-state index contributed by atoms with van der Waals surface area (Å²) in [6.07, 6.45) is 3.38. The maximum atomic E-state index is 13.6. The molecule has 9 heteroatoms. The molecule has 0 aliphatic rings. The van der Waals surface area contributed by atoms with Crippen molar-refractivity contribution in [2.45, 2.75) is 18.5 Å². The third-order valence-corrected chi connectivity index (χ3v) is 5.16. The number of rotatable bonds is 6.